The third kappa shape index (κ3) is 55.4. The van der Waals surface area contributed by atoms with Crippen LogP contribution in [0.15, 0.2) is 85.1 Å². The van der Waals surface area contributed by atoms with E-state index in [0.717, 1.165) is 128 Å². The van der Waals surface area contributed by atoms with Gasteiger partial charge in [-0.1, -0.05) is 215 Å². The summed E-state index contributed by atoms with van der Waals surface area (Å²) >= 11 is 0. The van der Waals surface area contributed by atoms with Crippen LogP contribution in [-0.2, 0) is 42.2 Å². The molecule has 0 heterocycles. The van der Waals surface area contributed by atoms with Crippen molar-refractivity contribution < 1.29 is 52.2 Å². The third-order valence-corrected chi connectivity index (χ3v) is 13.7. The molecule has 0 aliphatic carbocycles. The second-order valence-electron chi connectivity index (χ2n) is 20.1. The lowest BCUT2D eigenvalue weighted by atomic mass is 10.1. The van der Waals surface area contributed by atoms with E-state index in [9.17, 15) is 28.9 Å². The summed E-state index contributed by atoms with van der Waals surface area (Å²) in [6.45, 7) is 4.48. The van der Waals surface area contributed by atoms with Crippen molar-refractivity contribution in [2.45, 2.75) is 277 Å². The number of hydrogen-bond donors (Lipinski definition) is 2. The smallest absolute Gasteiger partial charge is 0.462 e. The second kappa shape index (κ2) is 57.8. The van der Waals surface area contributed by atoms with Crippen LogP contribution in [0.4, 0.5) is 0 Å². The maximum Gasteiger partial charge on any atom is 0.472 e. The van der Waals surface area contributed by atoms with Gasteiger partial charge in [0.1, 0.15) is 12.7 Å². The van der Waals surface area contributed by atoms with E-state index in [1.807, 2.05) is 0 Å². The summed E-state index contributed by atoms with van der Waals surface area (Å²) < 4.78 is 39.6. The van der Waals surface area contributed by atoms with Crippen molar-refractivity contribution in [1.29, 1.82) is 0 Å². The van der Waals surface area contributed by atoms with Gasteiger partial charge in [0.05, 0.1) is 19.8 Å². The van der Waals surface area contributed by atoms with Crippen molar-refractivity contribution >= 4 is 25.7 Å². The summed E-state index contributed by atoms with van der Waals surface area (Å²) in [6, 6.07) is 0. The highest BCUT2D eigenvalue weighted by atomic mass is 31.2. The number of phosphoric acid groups is 1. The molecule has 0 aromatic carbocycles. The molecule has 3 atom stereocenters. The van der Waals surface area contributed by atoms with Gasteiger partial charge in [-0.25, -0.2) is 4.57 Å². The molecule has 0 aromatic rings. The fraction of sp³-hybridized carbons (Fsp3) is 0.734. The van der Waals surface area contributed by atoms with E-state index >= 15 is 0 Å². The zero-order valence-electron chi connectivity index (χ0n) is 48.5. The van der Waals surface area contributed by atoms with E-state index in [1.165, 1.54) is 77.0 Å². The maximum absolute atomic E-state index is 12.9. The minimum Gasteiger partial charge on any atom is -0.462 e. The molecule has 0 bridgehead atoms. The van der Waals surface area contributed by atoms with Gasteiger partial charge < -0.3 is 24.2 Å². The molecule has 0 aromatic heterocycles. The minimum atomic E-state index is -4.76. The number of ether oxygens (including phenoxy) is 3. The minimum absolute atomic E-state index is 0.147. The SMILES string of the molecule is CC/C=C\C/C=C\C/C=C\C/C=C\C/C=C\CCCCCC(=O)OCC(COP(=O)(O)OCC(CO)OC(=O)CCCCCCC/C=C\CCCCCCCC)OC(=O)CCCCCCC/C=C\CCCCCCCC. The highest BCUT2D eigenvalue weighted by molar-refractivity contribution is 7.47. The third-order valence-electron chi connectivity index (χ3n) is 12.8. The first-order chi connectivity index (χ1) is 37.2. The van der Waals surface area contributed by atoms with Gasteiger partial charge in [0, 0.05) is 19.3 Å². The van der Waals surface area contributed by atoms with Crippen LogP contribution < -0.4 is 0 Å². The molecule has 0 amide bonds. The average molecular weight is 1090 g/mol. The topological polar surface area (TPSA) is 155 Å². The number of phosphoric ester groups is 1. The molecule has 0 spiro atoms. The van der Waals surface area contributed by atoms with Crippen molar-refractivity contribution in [3.8, 4) is 0 Å². The molecule has 0 radical (unpaired) electrons. The Hall–Kier alpha value is -3.34. The van der Waals surface area contributed by atoms with E-state index in [4.69, 9.17) is 23.3 Å². The number of rotatable bonds is 56. The van der Waals surface area contributed by atoms with Gasteiger partial charge in [0.2, 0.25) is 0 Å². The van der Waals surface area contributed by atoms with E-state index in [0.29, 0.717) is 19.3 Å². The zero-order valence-corrected chi connectivity index (χ0v) is 49.3. The van der Waals surface area contributed by atoms with Crippen LogP contribution in [0.3, 0.4) is 0 Å². The van der Waals surface area contributed by atoms with E-state index in [-0.39, 0.29) is 25.9 Å². The molecule has 2 N–H and O–H groups in total. The maximum atomic E-state index is 12.9. The molecule has 0 aliphatic rings. The molecular formula is C64H111O11P. The summed E-state index contributed by atoms with van der Waals surface area (Å²) in [5.41, 5.74) is 0. The summed E-state index contributed by atoms with van der Waals surface area (Å²) in [6.07, 6.45) is 66.8. The Bertz CT molecular complexity index is 1600. The molecule has 0 aliphatic heterocycles. The number of hydrogen-bond acceptors (Lipinski definition) is 10. The monoisotopic (exact) mass is 1090 g/mol. The predicted molar refractivity (Wildman–Crippen MR) is 316 cm³/mol. The van der Waals surface area contributed by atoms with Crippen LogP contribution in [0, 0.1) is 0 Å². The van der Waals surface area contributed by atoms with Gasteiger partial charge in [-0.3, -0.25) is 23.4 Å². The number of aliphatic hydroxyl groups is 1. The number of unbranched alkanes of at least 4 members (excludes halogenated alkanes) is 25. The number of aliphatic hydroxyl groups excluding tert-OH is 1. The number of allylic oxidation sites excluding steroid dienone is 14. The summed E-state index contributed by atoms with van der Waals surface area (Å²) in [5.74, 6) is -1.52. The molecule has 11 nitrogen and oxygen atoms in total. The normalized spacial score (nSPS) is 13.9. The first kappa shape index (κ1) is 72.7. The molecule has 0 saturated heterocycles. The van der Waals surface area contributed by atoms with E-state index in [1.54, 1.807) is 0 Å². The Morgan fingerprint density at radius 1 is 0.382 bits per heavy atom. The summed E-state index contributed by atoms with van der Waals surface area (Å²) in [5, 5.41) is 9.83. The molecule has 0 fully saturated rings. The van der Waals surface area contributed by atoms with Crippen LogP contribution in [-0.4, -0.2) is 66.5 Å². The quantitative estimate of drug-likeness (QED) is 0.0197. The van der Waals surface area contributed by atoms with Gasteiger partial charge in [0.15, 0.2) is 6.10 Å². The number of carbonyl (C=O) groups is 3. The van der Waals surface area contributed by atoms with Crippen molar-refractivity contribution in [3.63, 3.8) is 0 Å². The predicted octanol–water partition coefficient (Wildman–Crippen LogP) is 18.3. The van der Waals surface area contributed by atoms with Crippen LogP contribution in [0.2, 0.25) is 0 Å². The Morgan fingerprint density at radius 2 is 0.684 bits per heavy atom. The van der Waals surface area contributed by atoms with Crippen molar-refractivity contribution in [2.75, 3.05) is 26.4 Å². The van der Waals surface area contributed by atoms with Crippen molar-refractivity contribution in [3.05, 3.63) is 85.1 Å². The standard InChI is InChI=1S/C64H111O11P/c1-4-7-10-13-16-19-22-25-28-29-30-31-34-35-38-41-44-47-50-53-62(66)71-57-61(75-64(68)55-52-49-46-43-40-37-33-27-24-21-18-15-12-9-6-3)59-73-76(69,70)72-58-60(56-65)74-63(67)54-51-48-45-42-39-36-32-26-23-20-17-14-11-8-5-2/h7,10,16,19,25-28,30-33,35,38,60-61,65H,4-6,8-9,11-15,17-18,20-24,29,34,36-37,39-59H2,1-3H3,(H,69,70)/b10-7-,19-16-,28-25-,31-30-,32-26-,33-27-,38-35-. The van der Waals surface area contributed by atoms with E-state index in [2.05, 4.69) is 106 Å². The molecule has 0 rings (SSSR count). The lowest BCUT2D eigenvalue weighted by molar-refractivity contribution is -0.161. The lowest BCUT2D eigenvalue weighted by Gasteiger charge is -2.21. The van der Waals surface area contributed by atoms with Crippen LogP contribution in [0.25, 0.3) is 0 Å². The van der Waals surface area contributed by atoms with Gasteiger partial charge >= 0.3 is 25.7 Å². The molecule has 3 unspecified atom stereocenters. The van der Waals surface area contributed by atoms with E-state index < -0.39 is 57.8 Å². The highest BCUT2D eigenvalue weighted by Crippen LogP contribution is 2.43. The molecule has 76 heavy (non-hydrogen) atoms. The zero-order chi connectivity index (χ0) is 55.5. The van der Waals surface area contributed by atoms with Crippen molar-refractivity contribution in [1.82, 2.24) is 0 Å². The largest absolute Gasteiger partial charge is 0.472 e. The molecular weight excluding hydrogens is 976 g/mol. The summed E-state index contributed by atoms with van der Waals surface area (Å²) in [7, 11) is -4.76. The first-order valence-corrected chi connectivity index (χ1v) is 32.0. The molecule has 12 heteroatoms. The summed E-state index contributed by atoms with van der Waals surface area (Å²) in [4.78, 5) is 48.6. The van der Waals surface area contributed by atoms with Crippen LogP contribution in [0.1, 0.15) is 265 Å². The van der Waals surface area contributed by atoms with Crippen LogP contribution in [0.5, 0.6) is 0 Å². The molecule has 438 valence electrons. The highest BCUT2D eigenvalue weighted by Gasteiger charge is 2.28. The Morgan fingerprint density at radius 3 is 1.08 bits per heavy atom. The Kier molecular flexibility index (Phi) is 55.3. The van der Waals surface area contributed by atoms with Crippen LogP contribution >= 0.6 is 7.82 Å². The van der Waals surface area contributed by atoms with Gasteiger partial charge in [-0.15, -0.1) is 0 Å². The van der Waals surface area contributed by atoms with Gasteiger partial charge in [-0.05, 0) is 116 Å². The average Bonchev–Trinajstić information content (AvgIpc) is 3.41. The second-order valence-corrected chi connectivity index (χ2v) is 21.6. The molecule has 0 saturated carbocycles. The first-order valence-electron chi connectivity index (χ1n) is 30.5. The lowest BCUT2D eigenvalue weighted by Crippen LogP contribution is -2.30. The Balaban J connectivity index is 4.78. The number of esters is 3. The number of carbonyl (C=O) groups excluding carboxylic acids is 3. The van der Waals surface area contributed by atoms with Crippen molar-refractivity contribution in [2.24, 2.45) is 0 Å². The van der Waals surface area contributed by atoms with Gasteiger partial charge in [0.25, 0.3) is 0 Å². The fourth-order valence-corrected chi connectivity index (χ4v) is 8.92. The fourth-order valence-electron chi connectivity index (χ4n) is 8.14. The van der Waals surface area contributed by atoms with Gasteiger partial charge in [-0.2, -0.15) is 0 Å². The Labute approximate surface area is 464 Å².